The van der Waals surface area contributed by atoms with Crippen molar-refractivity contribution >= 4 is 11.7 Å². The van der Waals surface area contributed by atoms with Crippen LogP contribution in [0, 0.1) is 12.7 Å². The number of halogens is 1. The Morgan fingerprint density at radius 3 is 2.96 bits per heavy atom. The number of aromatic nitrogens is 2. The van der Waals surface area contributed by atoms with Gasteiger partial charge in [-0.3, -0.25) is 4.90 Å². The lowest BCUT2D eigenvalue weighted by Crippen LogP contribution is -2.51. The van der Waals surface area contributed by atoms with Gasteiger partial charge in [0, 0.05) is 44.1 Å². The third-order valence-corrected chi connectivity index (χ3v) is 4.76. The highest BCUT2D eigenvalue weighted by atomic mass is 19.1. The first-order valence-electron chi connectivity index (χ1n) is 8.21. The van der Waals surface area contributed by atoms with Crippen LogP contribution in [0.2, 0.25) is 0 Å². The first kappa shape index (κ1) is 15.1. The molecule has 7 heteroatoms. The lowest BCUT2D eigenvalue weighted by molar-refractivity contribution is 0.153. The number of anilines is 1. The summed E-state index contributed by atoms with van der Waals surface area (Å²) < 4.78 is 15.8. The first-order chi connectivity index (χ1) is 11.6. The van der Waals surface area contributed by atoms with Gasteiger partial charge in [0.1, 0.15) is 5.69 Å². The second kappa shape index (κ2) is 5.90. The van der Waals surface area contributed by atoms with Crippen LogP contribution in [0.25, 0.3) is 5.69 Å². The van der Waals surface area contributed by atoms with E-state index in [0.717, 1.165) is 38.2 Å². The van der Waals surface area contributed by atoms with Crippen LogP contribution in [0.1, 0.15) is 12.0 Å². The van der Waals surface area contributed by atoms with E-state index in [4.69, 9.17) is 0 Å². The molecular formula is C17H20FN5O. The molecule has 2 aliphatic rings. The molecule has 3 heterocycles. The number of carbonyl (C=O) groups is 1. The molecule has 2 aliphatic heterocycles. The maximum atomic E-state index is 14.4. The van der Waals surface area contributed by atoms with Crippen LogP contribution in [-0.2, 0) is 0 Å². The summed E-state index contributed by atoms with van der Waals surface area (Å²) in [6, 6.07) is 4.80. The molecular weight excluding hydrogens is 309 g/mol. The van der Waals surface area contributed by atoms with Gasteiger partial charge in [0.05, 0.1) is 6.20 Å². The van der Waals surface area contributed by atoms with Crippen molar-refractivity contribution in [1.29, 1.82) is 0 Å². The molecule has 6 nitrogen and oxygen atoms in total. The van der Waals surface area contributed by atoms with Gasteiger partial charge in [-0.15, -0.1) is 0 Å². The maximum absolute atomic E-state index is 14.4. The van der Waals surface area contributed by atoms with E-state index >= 15 is 0 Å². The molecule has 2 fully saturated rings. The molecule has 2 unspecified atom stereocenters. The normalized spacial score (nSPS) is 22.7. The van der Waals surface area contributed by atoms with Gasteiger partial charge in [0.15, 0.2) is 5.82 Å². The third kappa shape index (κ3) is 2.75. The SMILES string of the molecule is Cc1cnn(-c2ccc(NC(=O)N3CCN4CCC3C4)cc2F)c1. The van der Waals surface area contributed by atoms with Crippen molar-refractivity contribution in [1.82, 2.24) is 19.6 Å². The Labute approximate surface area is 139 Å². The molecule has 1 N–H and O–H groups in total. The topological polar surface area (TPSA) is 53.4 Å². The number of urea groups is 1. The quantitative estimate of drug-likeness (QED) is 0.919. The number of carbonyl (C=O) groups excluding carboxylic acids is 1. The number of rotatable bonds is 2. The minimum Gasteiger partial charge on any atom is -0.319 e. The number of hydrogen-bond acceptors (Lipinski definition) is 3. The summed E-state index contributed by atoms with van der Waals surface area (Å²) in [7, 11) is 0. The number of nitrogens with zero attached hydrogens (tertiary/aromatic N) is 4. The van der Waals surface area contributed by atoms with Crippen molar-refractivity contribution < 1.29 is 9.18 Å². The van der Waals surface area contributed by atoms with Gasteiger partial charge in [-0.25, -0.2) is 13.9 Å². The summed E-state index contributed by atoms with van der Waals surface area (Å²) in [5.74, 6) is -0.415. The highest BCUT2D eigenvalue weighted by molar-refractivity contribution is 5.89. The molecule has 1 aromatic heterocycles. The fourth-order valence-electron chi connectivity index (χ4n) is 3.48. The molecule has 2 saturated heterocycles. The molecule has 2 bridgehead atoms. The second-order valence-electron chi connectivity index (χ2n) is 6.50. The van der Waals surface area contributed by atoms with E-state index in [0.29, 0.717) is 11.4 Å². The number of hydrogen-bond donors (Lipinski definition) is 1. The number of benzene rings is 1. The van der Waals surface area contributed by atoms with Crippen LogP contribution in [0.5, 0.6) is 0 Å². The molecule has 4 rings (SSSR count). The van der Waals surface area contributed by atoms with Crippen molar-refractivity contribution in [3.8, 4) is 5.69 Å². The third-order valence-electron chi connectivity index (χ3n) is 4.76. The van der Waals surface area contributed by atoms with E-state index in [9.17, 15) is 9.18 Å². The van der Waals surface area contributed by atoms with E-state index in [-0.39, 0.29) is 12.1 Å². The fraction of sp³-hybridized carbons (Fsp3) is 0.412. The molecule has 0 aliphatic carbocycles. The van der Waals surface area contributed by atoms with Crippen molar-refractivity contribution in [3.63, 3.8) is 0 Å². The number of amides is 2. The average Bonchev–Trinajstić information content (AvgIpc) is 3.14. The maximum Gasteiger partial charge on any atom is 0.322 e. The van der Waals surface area contributed by atoms with E-state index < -0.39 is 5.82 Å². The monoisotopic (exact) mass is 329 g/mol. The molecule has 24 heavy (non-hydrogen) atoms. The van der Waals surface area contributed by atoms with Crippen molar-refractivity contribution in [3.05, 3.63) is 42.0 Å². The first-order valence-corrected chi connectivity index (χ1v) is 8.21. The summed E-state index contributed by atoms with van der Waals surface area (Å²) >= 11 is 0. The summed E-state index contributed by atoms with van der Waals surface area (Å²) in [6.45, 7) is 5.54. The summed E-state index contributed by atoms with van der Waals surface area (Å²) in [4.78, 5) is 16.7. The van der Waals surface area contributed by atoms with Gasteiger partial charge in [0.2, 0.25) is 0 Å². The van der Waals surface area contributed by atoms with E-state index in [1.54, 1.807) is 24.5 Å². The Morgan fingerprint density at radius 1 is 1.33 bits per heavy atom. The molecule has 2 aromatic rings. The highest BCUT2D eigenvalue weighted by Gasteiger charge is 2.35. The summed E-state index contributed by atoms with van der Waals surface area (Å²) in [5.41, 5.74) is 1.79. The van der Waals surface area contributed by atoms with Crippen LogP contribution in [-0.4, -0.2) is 57.8 Å². The van der Waals surface area contributed by atoms with Crippen molar-refractivity contribution in [2.75, 3.05) is 31.5 Å². The molecule has 126 valence electrons. The fourth-order valence-corrected chi connectivity index (χ4v) is 3.48. The molecule has 0 spiro atoms. The summed E-state index contributed by atoms with van der Waals surface area (Å²) in [6.07, 6.45) is 4.45. The Bertz CT molecular complexity index is 774. The van der Waals surface area contributed by atoms with Crippen LogP contribution in [0.3, 0.4) is 0 Å². The van der Waals surface area contributed by atoms with Crippen LogP contribution < -0.4 is 5.32 Å². The van der Waals surface area contributed by atoms with Crippen LogP contribution >= 0.6 is 0 Å². The minimum atomic E-state index is -0.415. The van der Waals surface area contributed by atoms with Crippen molar-refractivity contribution in [2.45, 2.75) is 19.4 Å². The van der Waals surface area contributed by atoms with E-state index in [1.807, 2.05) is 11.8 Å². The largest absolute Gasteiger partial charge is 0.322 e. The predicted molar refractivity (Wildman–Crippen MR) is 88.8 cm³/mol. The van der Waals surface area contributed by atoms with Crippen LogP contribution in [0.4, 0.5) is 14.9 Å². The van der Waals surface area contributed by atoms with Gasteiger partial charge >= 0.3 is 6.03 Å². The lowest BCUT2D eigenvalue weighted by atomic mass is 10.2. The molecule has 1 aromatic carbocycles. The Kier molecular flexibility index (Phi) is 3.72. The zero-order chi connectivity index (χ0) is 16.7. The Hall–Kier alpha value is -2.41. The van der Waals surface area contributed by atoms with E-state index in [2.05, 4.69) is 15.3 Å². The van der Waals surface area contributed by atoms with Gasteiger partial charge in [-0.05, 0) is 37.1 Å². The highest BCUT2D eigenvalue weighted by Crippen LogP contribution is 2.23. The average molecular weight is 329 g/mol. The number of fused-ring (bicyclic) bond motifs is 2. The summed E-state index contributed by atoms with van der Waals surface area (Å²) in [5, 5.41) is 6.93. The van der Waals surface area contributed by atoms with Crippen LogP contribution in [0.15, 0.2) is 30.6 Å². The molecule has 0 saturated carbocycles. The standard InChI is InChI=1S/C17H20FN5O/c1-12-9-19-23(10-12)16-3-2-13(8-15(16)18)20-17(24)22-7-6-21-5-4-14(22)11-21/h2-3,8-10,14H,4-7,11H2,1H3,(H,20,24). The van der Waals surface area contributed by atoms with Gasteiger partial charge in [-0.2, -0.15) is 5.10 Å². The zero-order valence-electron chi connectivity index (χ0n) is 13.6. The predicted octanol–water partition coefficient (Wildman–Crippen LogP) is 2.24. The minimum absolute atomic E-state index is 0.149. The Balaban J connectivity index is 1.48. The number of piperazine rings is 1. The number of nitrogens with one attached hydrogen (secondary N) is 1. The van der Waals surface area contributed by atoms with Gasteiger partial charge < -0.3 is 10.2 Å². The number of aryl methyl sites for hydroxylation is 1. The molecule has 2 atom stereocenters. The second-order valence-corrected chi connectivity index (χ2v) is 6.50. The van der Waals surface area contributed by atoms with Crippen molar-refractivity contribution in [2.24, 2.45) is 0 Å². The molecule has 2 amide bonds. The smallest absolute Gasteiger partial charge is 0.319 e. The van der Waals surface area contributed by atoms with E-state index in [1.165, 1.54) is 10.7 Å². The molecule has 0 radical (unpaired) electrons. The zero-order valence-corrected chi connectivity index (χ0v) is 13.6. The van der Waals surface area contributed by atoms with Gasteiger partial charge in [0.25, 0.3) is 0 Å². The lowest BCUT2D eigenvalue weighted by Gasteiger charge is -2.34. The Morgan fingerprint density at radius 2 is 2.21 bits per heavy atom. The van der Waals surface area contributed by atoms with Gasteiger partial charge in [-0.1, -0.05) is 0 Å².